The molecule has 0 radical (unpaired) electrons. The predicted octanol–water partition coefficient (Wildman–Crippen LogP) is -1.65. The second-order valence-corrected chi connectivity index (χ2v) is 5.75. The van der Waals surface area contributed by atoms with Gasteiger partial charge in [-0.25, -0.2) is 4.79 Å². The molecular formula is C12H23NO7. The van der Waals surface area contributed by atoms with E-state index in [9.17, 15) is 20.1 Å². The number of hydrogen-bond acceptors (Lipinski definition) is 7. The molecule has 0 aromatic carbocycles. The molecule has 8 nitrogen and oxygen atoms in total. The third kappa shape index (κ3) is 4.57. The number of ether oxygens (including phenoxy) is 2. The highest BCUT2D eigenvalue weighted by molar-refractivity contribution is 5.67. The Bertz CT molecular complexity index is 328. The van der Waals surface area contributed by atoms with Gasteiger partial charge in [-0.05, 0) is 20.8 Å². The predicted molar refractivity (Wildman–Crippen MR) is 68.0 cm³/mol. The molecule has 0 aliphatic carbocycles. The third-order valence-corrected chi connectivity index (χ3v) is 2.84. The summed E-state index contributed by atoms with van der Waals surface area (Å²) in [7, 11) is 0. The molecule has 5 N–H and O–H groups in total. The first-order chi connectivity index (χ1) is 9.15. The Morgan fingerprint density at radius 3 is 2.20 bits per heavy atom. The highest BCUT2D eigenvalue weighted by Gasteiger charge is 2.43. The Hall–Kier alpha value is -0.930. The summed E-state index contributed by atoms with van der Waals surface area (Å²) in [4.78, 5) is 11.5. The van der Waals surface area contributed by atoms with Gasteiger partial charge in [-0.3, -0.25) is 0 Å². The largest absolute Gasteiger partial charge is 0.444 e. The standard InChI is InChI=1S/C12H23NO7/c1-12(2,3)20-11(18)13-4-6-8(15)10(17)9(16)7(5-14)19-6/h6-10,14-17H,4-5H2,1-3H3,(H,13,18)/t6-,7+,8-,9-,10+/m0/s1. The summed E-state index contributed by atoms with van der Waals surface area (Å²) in [5.41, 5.74) is -0.653. The smallest absolute Gasteiger partial charge is 0.407 e. The summed E-state index contributed by atoms with van der Waals surface area (Å²) in [6, 6.07) is 0. The van der Waals surface area contributed by atoms with E-state index in [-0.39, 0.29) is 6.54 Å². The third-order valence-electron chi connectivity index (χ3n) is 2.84. The molecule has 0 bridgehead atoms. The van der Waals surface area contributed by atoms with E-state index < -0.39 is 48.8 Å². The van der Waals surface area contributed by atoms with Crippen LogP contribution in [0.15, 0.2) is 0 Å². The molecule has 1 heterocycles. The molecule has 0 saturated carbocycles. The molecule has 0 unspecified atom stereocenters. The maximum atomic E-state index is 11.5. The Morgan fingerprint density at radius 2 is 1.70 bits per heavy atom. The van der Waals surface area contributed by atoms with Crippen LogP contribution in [-0.2, 0) is 9.47 Å². The van der Waals surface area contributed by atoms with Gasteiger partial charge in [0.05, 0.1) is 6.61 Å². The maximum Gasteiger partial charge on any atom is 0.407 e. The van der Waals surface area contributed by atoms with Crippen LogP contribution in [0.4, 0.5) is 4.79 Å². The second-order valence-electron chi connectivity index (χ2n) is 5.75. The first-order valence-electron chi connectivity index (χ1n) is 6.43. The van der Waals surface area contributed by atoms with Crippen molar-refractivity contribution in [1.29, 1.82) is 0 Å². The van der Waals surface area contributed by atoms with Crippen molar-refractivity contribution in [1.82, 2.24) is 5.32 Å². The number of carbonyl (C=O) groups excluding carboxylic acids is 1. The molecule has 1 aliphatic heterocycles. The van der Waals surface area contributed by atoms with E-state index in [0.29, 0.717) is 0 Å². The number of aliphatic hydroxyl groups excluding tert-OH is 4. The van der Waals surface area contributed by atoms with Crippen LogP contribution in [0.2, 0.25) is 0 Å². The van der Waals surface area contributed by atoms with Crippen LogP contribution in [-0.4, -0.2) is 75.8 Å². The summed E-state index contributed by atoms with van der Waals surface area (Å²) >= 11 is 0. The van der Waals surface area contributed by atoms with Gasteiger partial charge in [0.1, 0.15) is 36.1 Å². The zero-order chi connectivity index (χ0) is 15.5. The molecule has 0 aromatic heterocycles. The molecule has 5 atom stereocenters. The molecule has 0 aromatic rings. The van der Waals surface area contributed by atoms with Gasteiger partial charge < -0.3 is 35.2 Å². The summed E-state index contributed by atoms with van der Waals surface area (Å²) in [6.45, 7) is 4.51. The first-order valence-corrected chi connectivity index (χ1v) is 6.43. The number of hydrogen-bond donors (Lipinski definition) is 5. The molecule has 1 aliphatic rings. The summed E-state index contributed by atoms with van der Waals surface area (Å²) in [5, 5.41) is 40.4. The van der Waals surface area contributed by atoms with Gasteiger partial charge in [-0.2, -0.15) is 0 Å². The molecule has 8 heteroatoms. The lowest BCUT2D eigenvalue weighted by Crippen LogP contribution is -2.60. The Morgan fingerprint density at radius 1 is 1.15 bits per heavy atom. The number of aliphatic hydroxyl groups is 4. The summed E-state index contributed by atoms with van der Waals surface area (Å²) in [6.07, 6.45) is -6.85. The molecule has 1 fully saturated rings. The number of nitrogens with one attached hydrogen (secondary N) is 1. The number of carbonyl (C=O) groups is 1. The topological polar surface area (TPSA) is 128 Å². The van der Waals surface area contributed by atoms with Gasteiger partial charge in [0, 0.05) is 6.54 Å². The maximum absolute atomic E-state index is 11.5. The summed E-state index contributed by atoms with van der Waals surface area (Å²) in [5.74, 6) is 0. The van der Waals surface area contributed by atoms with Crippen LogP contribution in [0.1, 0.15) is 20.8 Å². The average Bonchev–Trinajstić information content (AvgIpc) is 2.33. The van der Waals surface area contributed by atoms with E-state index in [1.807, 2.05) is 0 Å². The minimum Gasteiger partial charge on any atom is -0.444 e. The Balaban J connectivity index is 2.52. The fourth-order valence-corrected chi connectivity index (χ4v) is 1.85. The van der Waals surface area contributed by atoms with E-state index in [4.69, 9.17) is 14.6 Å². The van der Waals surface area contributed by atoms with Crippen molar-refractivity contribution < 1.29 is 34.7 Å². The molecule has 1 rings (SSSR count). The molecule has 118 valence electrons. The van der Waals surface area contributed by atoms with Crippen molar-refractivity contribution in [3.05, 3.63) is 0 Å². The zero-order valence-corrected chi connectivity index (χ0v) is 11.8. The second kappa shape index (κ2) is 6.68. The van der Waals surface area contributed by atoms with Crippen molar-refractivity contribution in [3.8, 4) is 0 Å². The molecule has 0 spiro atoms. The molecule has 20 heavy (non-hydrogen) atoms. The van der Waals surface area contributed by atoms with E-state index in [1.54, 1.807) is 20.8 Å². The minimum atomic E-state index is -1.45. The van der Waals surface area contributed by atoms with Crippen molar-refractivity contribution in [2.45, 2.75) is 56.9 Å². The van der Waals surface area contributed by atoms with Gasteiger partial charge in [0.25, 0.3) is 0 Å². The number of alkyl carbamates (subject to hydrolysis) is 1. The van der Waals surface area contributed by atoms with E-state index in [1.165, 1.54) is 0 Å². The molecular weight excluding hydrogens is 270 g/mol. The lowest BCUT2D eigenvalue weighted by atomic mass is 9.95. The van der Waals surface area contributed by atoms with Gasteiger partial charge in [0.15, 0.2) is 0 Å². The van der Waals surface area contributed by atoms with Crippen LogP contribution >= 0.6 is 0 Å². The van der Waals surface area contributed by atoms with Gasteiger partial charge in [0.2, 0.25) is 0 Å². The minimum absolute atomic E-state index is 0.115. The fraction of sp³-hybridized carbons (Fsp3) is 0.917. The quantitative estimate of drug-likeness (QED) is 0.422. The van der Waals surface area contributed by atoms with Crippen molar-refractivity contribution in [2.75, 3.05) is 13.2 Å². The van der Waals surface area contributed by atoms with Crippen LogP contribution in [0.3, 0.4) is 0 Å². The van der Waals surface area contributed by atoms with Crippen LogP contribution in [0.5, 0.6) is 0 Å². The monoisotopic (exact) mass is 293 g/mol. The van der Waals surface area contributed by atoms with Gasteiger partial charge >= 0.3 is 6.09 Å². The number of rotatable bonds is 3. The first kappa shape index (κ1) is 17.1. The summed E-state index contributed by atoms with van der Waals surface area (Å²) < 4.78 is 10.2. The average molecular weight is 293 g/mol. The highest BCUT2D eigenvalue weighted by Crippen LogP contribution is 2.20. The van der Waals surface area contributed by atoms with E-state index >= 15 is 0 Å². The SMILES string of the molecule is CC(C)(C)OC(=O)NC[C@@H]1O[C@H](CO)[C@H](O)[C@H](O)[C@H]1O. The Labute approximate surface area is 117 Å². The normalized spacial score (nSPS) is 34.6. The van der Waals surface area contributed by atoms with Crippen molar-refractivity contribution >= 4 is 6.09 Å². The highest BCUT2D eigenvalue weighted by atomic mass is 16.6. The van der Waals surface area contributed by atoms with Crippen LogP contribution in [0, 0.1) is 0 Å². The lowest BCUT2D eigenvalue weighted by molar-refractivity contribution is -0.227. The van der Waals surface area contributed by atoms with Crippen LogP contribution in [0.25, 0.3) is 0 Å². The van der Waals surface area contributed by atoms with Gasteiger partial charge in [-0.15, -0.1) is 0 Å². The molecule has 1 amide bonds. The van der Waals surface area contributed by atoms with Gasteiger partial charge in [-0.1, -0.05) is 0 Å². The Kier molecular flexibility index (Phi) is 5.72. The van der Waals surface area contributed by atoms with E-state index in [0.717, 1.165) is 0 Å². The molecule has 1 saturated heterocycles. The fourth-order valence-electron chi connectivity index (χ4n) is 1.85. The lowest BCUT2D eigenvalue weighted by Gasteiger charge is -2.40. The van der Waals surface area contributed by atoms with E-state index in [2.05, 4.69) is 5.32 Å². The zero-order valence-electron chi connectivity index (χ0n) is 11.8. The van der Waals surface area contributed by atoms with Crippen molar-refractivity contribution in [3.63, 3.8) is 0 Å². The van der Waals surface area contributed by atoms with Crippen molar-refractivity contribution in [2.24, 2.45) is 0 Å². The number of amides is 1. The van der Waals surface area contributed by atoms with Crippen LogP contribution < -0.4 is 5.32 Å².